The van der Waals surface area contributed by atoms with E-state index in [1.54, 1.807) is 0 Å². The average Bonchev–Trinajstić information content (AvgIpc) is 2.82. The van der Waals surface area contributed by atoms with E-state index in [9.17, 15) is 4.79 Å². The standard InChI is InChI=1S/C31H44N4O/c1-11-16-35(10)31(34-26-13-14-27(22(6)18-26)30(36)21(4)5)24(8)33-19-28(20(2)3)25-12-15-29(32-9)23(7)17-25/h11-21,31-32,34H,1-10H3/b16-11-,28-19+,33-24?. The molecule has 0 saturated carbocycles. The molecule has 1 unspecified atom stereocenters. The minimum atomic E-state index is -0.148. The van der Waals surface area contributed by atoms with Gasteiger partial charge in [-0.05, 0) is 92.4 Å². The summed E-state index contributed by atoms with van der Waals surface area (Å²) in [6, 6.07) is 12.4. The van der Waals surface area contributed by atoms with Crippen LogP contribution < -0.4 is 10.6 Å². The van der Waals surface area contributed by atoms with Crippen molar-refractivity contribution in [1.82, 2.24) is 4.90 Å². The summed E-state index contributed by atoms with van der Waals surface area (Å²) in [6.45, 7) is 16.4. The molecule has 1 atom stereocenters. The second kappa shape index (κ2) is 13.1. The zero-order valence-electron chi connectivity index (χ0n) is 23.7. The topological polar surface area (TPSA) is 56.7 Å². The Labute approximate surface area is 218 Å². The van der Waals surface area contributed by atoms with Gasteiger partial charge in [0.2, 0.25) is 0 Å². The van der Waals surface area contributed by atoms with E-state index in [0.29, 0.717) is 5.92 Å². The number of nitrogens with one attached hydrogen (secondary N) is 2. The molecule has 0 heterocycles. The third-order valence-corrected chi connectivity index (χ3v) is 6.37. The van der Waals surface area contributed by atoms with Gasteiger partial charge in [0.15, 0.2) is 5.78 Å². The van der Waals surface area contributed by atoms with E-state index in [4.69, 9.17) is 4.99 Å². The van der Waals surface area contributed by atoms with Gasteiger partial charge in [-0.2, -0.15) is 0 Å². The molecule has 0 aliphatic rings. The summed E-state index contributed by atoms with van der Waals surface area (Å²) in [5.74, 6) is 0.476. The number of allylic oxidation sites excluding steroid dienone is 2. The molecule has 0 aliphatic heterocycles. The van der Waals surface area contributed by atoms with Gasteiger partial charge in [-0.25, -0.2) is 0 Å². The van der Waals surface area contributed by atoms with Crippen LogP contribution in [0.3, 0.4) is 0 Å². The number of benzene rings is 2. The molecular formula is C31H44N4O. The van der Waals surface area contributed by atoms with Gasteiger partial charge in [0.1, 0.15) is 6.17 Å². The summed E-state index contributed by atoms with van der Waals surface area (Å²) in [5, 5.41) is 6.85. The molecule has 0 fully saturated rings. The maximum atomic E-state index is 12.5. The van der Waals surface area contributed by atoms with E-state index in [1.807, 2.05) is 85.4 Å². The summed E-state index contributed by atoms with van der Waals surface area (Å²) in [4.78, 5) is 19.6. The van der Waals surface area contributed by atoms with E-state index in [-0.39, 0.29) is 17.9 Å². The number of hydrogen-bond donors (Lipinski definition) is 2. The molecular weight excluding hydrogens is 444 g/mol. The Morgan fingerprint density at radius 3 is 2.22 bits per heavy atom. The van der Waals surface area contributed by atoms with Crippen LogP contribution in [0.4, 0.5) is 11.4 Å². The van der Waals surface area contributed by atoms with Crippen LogP contribution in [-0.2, 0) is 0 Å². The van der Waals surface area contributed by atoms with Crippen LogP contribution in [-0.4, -0.2) is 36.7 Å². The van der Waals surface area contributed by atoms with Gasteiger partial charge in [-0.1, -0.05) is 39.8 Å². The maximum absolute atomic E-state index is 12.5. The molecule has 2 rings (SSSR count). The molecule has 0 aromatic heterocycles. The van der Waals surface area contributed by atoms with Crippen LogP contribution in [0.5, 0.6) is 0 Å². The number of rotatable bonds is 11. The number of aryl methyl sites for hydroxylation is 2. The Bertz CT molecular complexity index is 1140. The third-order valence-electron chi connectivity index (χ3n) is 6.37. The van der Waals surface area contributed by atoms with Gasteiger partial charge in [0.25, 0.3) is 0 Å². The monoisotopic (exact) mass is 488 g/mol. The van der Waals surface area contributed by atoms with Crippen molar-refractivity contribution in [2.75, 3.05) is 24.7 Å². The number of anilines is 2. The van der Waals surface area contributed by atoms with Gasteiger partial charge >= 0.3 is 0 Å². The Kier molecular flexibility index (Phi) is 10.5. The molecule has 194 valence electrons. The second-order valence-electron chi connectivity index (χ2n) is 10.0. The second-order valence-corrected chi connectivity index (χ2v) is 10.0. The highest BCUT2D eigenvalue weighted by molar-refractivity contribution is 5.99. The van der Waals surface area contributed by atoms with Crippen molar-refractivity contribution in [2.24, 2.45) is 16.8 Å². The number of aliphatic imine (C=N–C) groups is 1. The highest BCUT2D eigenvalue weighted by Crippen LogP contribution is 2.27. The number of ketones is 1. The van der Waals surface area contributed by atoms with Crippen molar-refractivity contribution in [3.8, 4) is 0 Å². The van der Waals surface area contributed by atoms with Gasteiger partial charge in [0, 0.05) is 43.2 Å². The van der Waals surface area contributed by atoms with Gasteiger partial charge in [0.05, 0.1) is 5.71 Å². The van der Waals surface area contributed by atoms with Crippen molar-refractivity contribution < 1.29 is 4.79 Å². The molecule has 0 saturated heterocycles. The normalized spacial score (nSPS) is 13.4. The number of carbonyl (C=O) groups is 1. The summed E-state index contributed by atoms with van der Waals surface area (Å²) in [7, 11) is 3.98. The fourth-order valence-electron chi connectivity index (χ4n) is 4.24. The smallest absolute Gasteiger partial charge is 0.165 e. The zero-order chi connectivity index (χ0) is 27.0. The van der Waals surface area contributed by atoms with E-state index in [1.165, 1.54) is 16.7 Å². The van der Waals surface area contributed by atoms with Gasteiger partial charge in [-0.15, -0.1) is 0 Å². The minimum absolute atomic E-state index is 0.0226. The maximum Gasteiger partial charge on any atom is 0.165 e. The number of carbonyl (C=O) groups excluding carboxylic acids is 1. The zero-order valence-corrected chi connectivity index (χ0v) is 23.7. The fourth-order valence-corrected chi connectivity index (χ4v) is 4.24. The summed E-state index contributed by atoms with van der Waals surface area (Å²) in [6.07, 6.45) is 5.90. The number of Topliss-reactive ketones (excluding diaryl/α,β-unsaturated/α-hetero) is 1. The summed E-state index contributed by atoms with van der Waals surface area (Å²) < 4.78 is 0. The van der Waals surface area contributed by atoms with Crippen LogP contribution >= 0.6 is 0 Å². The Balaban J connectivity index is 2.42. The van der Waals surface area contributed by atoms with E-state index in [0.717, 1.165) is 28.2 Å². The van der Waals surface area contributed by atoms with Crippen LogP contribution in [0.25, 0.3) is 5.57 Å². The van der Waals surface area contributed by atoms with Crippen molar-refractivity contribution >= 4 is 28.4 Å². The van der Waals surface area contributed by atoms with Crippen LogP contribution in [0, 0.1) is 25.7 Å². The van der Waals surface area contributed by atoms with Crippen molar-refractivity contribution in [1.29, 1.82) is 0 Å². The first-order valence-electron chi connectivity index (χ1n) is 12.8. The van der Waals surface area contributed by atoms with Crippen LogP contribution in [0.1, 0.15) is 68.6 Å². The molecule has 2 aromatic rings. The van der Waals surface area contributed by atoms with Crippen molar-refractivity contribution in [2.45, 2.75) is 61.6 Å². The van der Waals surface area contributed by atoms with Gasteiger partial charge in [-0.3, -0.25) is 9.79 Å². The molecule has 5 heteroatoms. The fraction of sp³-hybridized carbons (Fsp3) is 0.419. The van der Waals surface area contributed by atoms with Crippen molar-refractivity contribution in [3.05, 3.63) is 77.1 Å². The lowest BCUT2D eigenvalue weighted by Gasteiger charge is -2.29. The predicted molar refractivity (Wildman–Crippen MR) is 157 cm³/mol. The summed E-state index contributed by atoms with van der Waals surface area (Å²) >= 11 is 0. The Hall–Kier alpha value is -3.34. The van der Waals surface area contributed by atoms with Crippen LogP contribution in [0.2, 0.25) is 0 Å². The quantitative estimate of drug-likeness (QED) is 0.195. The highest BCUT2D eigenvalue weighted by Gasteiger charge is 2.18. The lowest BCUT2D eigenvalue weighted by Crippen LogP contribution is -2.40. The minimum Gasteiger partial charge on any atom is -0.388 e. The van der Waals surface area contributed by atoms with Crippen molar-refractivity contribution in [3.63, 3.8) is 0 Å². The molecule has 0 radical (unpaired) electrons. The Morgan fingerprint density at radius 1 is 1.00 bits per heavy atom. The molecule has 2 N–H and O–H groups in total. The first-order chi connectivity index (χ1) is 17.0. The molecule has 2 aromatic carbocycles. The molecule has 0 aliphatic carbocycles. The third kappa shape index (κ3) is 7.33. The number of hydrogen-bond acceptors (Lipinski definition) is 5. The predicted octanol–water partition coefficient (Wildman–Crippen LogP) is 7.55. The highest BCUT2D eigenvalue weighted by atomic mass is 16.1. The van der Waals surface area contributed by atoms with E-state index < -0.39 is 0 Å². The average molecular weight is 489 g/mol. The van der Waals surface area contributed by atoms with Crippen LogP contribution in [0.15, 0.2) is 59.9 Å². The van der Waals surface area contributed by atoms with E-state index >= 15 is 0 Å². The lowest BCUT2D eigenvalue weighted by atomic mass is 9.94. The summed E-state index contributed by atoms with van der Waals surface area (Å²) in [5.41, 5.74) is 8.38. The SMILES string of the molecule is C/C=C\N(C)C(Nc1ccc(C(=O)C(C)C)c(C)c1)C(C)=N/C=C(/c1ccc(NC)c(C)c1)C(C)C. The molecule has 36 heavy (non-hydrogen) atoms. The first kappa shape index (κ1) is 28.9. The Morgan fingerprint density at radius 2 is 1.69 bits per heavy atom. The van der Waals surface area contributed by atoms with E-state index in [2.05, 4.69) is 54.5 Å². The lowest BCUT2D eigenvalue weighted by molar-refractivity contribution is 0.0939. The number of nitrogens with zero attached hydrogens (tertiary/aromatic N) is 2. The largest absolute Gasteiger partial charge is 0.388 e. The first-order valence-corrected chi connectivity index (χ1v) is 12.8. The van der Waals surface area contributed by atoms with Gasteiger partial charge < -0.3 is 15.5 Å². The molecule has 0 bridgehead atoms. The molecule has 0 spiro atoms. The molecule has 0 amide bonds. The molecule has 5 nitrogen and oxygen atoms in total.